The average Bonchev–Trinajstić information content (AvgIpc) is 3.03. The van der Waals surface area contributed by atoms with Crippen LogP contribution >= 0.6 is 7.82 Å². The highest BCUT2D eigenvalue weighted by Crippen LogP contribution is 2.54. The SMILES string of the molecule is CCC(CC(C)(C)CCOP(=O)(OC)OCCC(C)(C)CCCC(C)(C)C(C)(C)C(CC)CC(C)(C)CCO)C(C)(C)CC(C)(C)CCCCC(C)(C)CCO. The molecular weight excluding hydrogens is 716 g/mol. The Morgan fingerprint density at radius 1 is 0.500 bits per heavy atom. The van der Waals surface area contributed by atoms with E-state index in [-0.39, 0.29) is 56.5 Å². The van der Waals surface area contributed by atoms with Crippen LogP contribution in [0.4, 0.5) is 0 Å². The summed E-state index contributed by atoms with van der Waals surface area (Å²) in [5.74, 6) is 1.16. The van der Waals surface area contributed by atoms with Crippen LogP contribution in [0.5, 0.6) is 0 Å². The summed E-state index contributed by atoms with van der Waals surface area (Å²) in [4.78, 5) is 0. The Morgan fingerprint density at radius 3 is 1.36 bits per heavy atom. The number of aliphatic hydroxyl groups is 2. The van der Waals surface area contributed by atoms with E-state index >= 15 is 0 Å². The summed E-state index contributed by atoms with van der Waals surface area (Å²) in [7, 11) is -2.21. The summed E-state index contributed by atoms with van der Waals surface area (Å²) in [5.41, 5.74) is 1.24. The average molecular weight is 817 g/mol. The summed E-state index contributed by atoms with van der Waals surface area (Å²) in [6.45, 7) is 43.8. The van der Waals surface area contributed by atoms with Crippen molar-refractivity contribution in [2.75, 3.05) is 33.5 Å². The van der Waals surface area contributed by atoms with Crippen molar-refractivity contribution in [3.05, 3.63) is 0 Å². The van der Waals surface area contributed by atoms with E-state index in [0.717, 1.165) is 70.6 Å². The van der Waals surface area contributed by atoms with E-state index in [1.165, 1.54) is 39.2 Å². The maximum Gasteiger partial charge on any atom is 0.474 e. The Labute approximate surface area is 351 Å². The quantitative estimate of drug-likeness (QED) is 0.0507. The van der Waals surface area contributed by atoms with Crippen molar-refractivity contribution in [3.8, 4) is 0 Å². The van der Waals surface area contributed by atoms with Gasteiger partial charge in [-0.05, 0) is 126 Å². The maximum atomic E-state index is 13.5. The first-order chi connectivity index (χ1) is 25.3. The Balaban J connectivity index is 5.09. The highest BCUT2D eigenvalue weighted by atomic mass is 31.2. The molecule has 0 spiro atoms. The zero-order valence-electron chi connectivity index (χ0n) is 41.3. The lowest BCUT2D eigenvalue weighted by Crippen LogP contribution is -2.41. The standard InChI is InChI=1S/C49H101O6P/c1-20-40(47(13,14)39-46(11,12)26-23-22-25-42(3,4)29-33-50)37-45(9,10)32-36-55-56(52,53-19)54-35-31-43(5,6)27-24-28-48(15,16)49(17,18)41(21-2)38-44(7,8)30-34-51/h40-41,50-51H,20-39H2,1-19H3. The summed E-state index contributed by atoms with van der Waals surface area (Å²) >= 11 is 0. The van der Waals surface area contributed by atoms with E-state index in [1.807, 2.05) is 0 Å². The molecule has 2 N–H and O–H groups in total. The summed E-state index contributed by atoms with van der Waals surface area (Å²) < 4.78 is 30.8. The predicted molar refractivity (Wildman–Crippen MR) is 243 cm³/mol. The van der Waals surface area contributed by atoms with E-state index in [4.69, 9.17) is 13.6 Å². The number of phosphoric ester groups is 1. The van der Waals surface area contributed by atoms with Gasteiger partial charge < -0.3 is 10.2 Å². The van der Waals surface area contributed by atoms with Crippen molar-refractivity contribution in [1.29, 1.82) is 0 Å². The molecular formula is C49H101O6P. The summed E-state index contributed by atoms with van der Waals surface area (Å²) in [6, 6.07) is 0. The van der Waals surface area contributed by atoms with E-state index in [9.17, 15) is 14.8 Å². The smallest absolute Gasteiger partial charge is 0.396 e. The van der Waals surface area contributed by atoms with Crippen LogP contribution in [0.25, 0.3) is 0 Å². The topological polar surface area (TPSA) is 85.2 Å². The van der Waals surface area contributed by atoms with Gasteiger partial charge in [-0.25, -0.2) is 4.57 Å². The highest BCUT2D eigenvalue weighted by Gasteiger charge is 2.44. The third-order valence-corrected chi connectivity index (χ3v) is 16.3. The fourth-order valence-electron chi connectivity index (χ4n) is 9.84. The molecule has 0 rings (SSSR count). The van der Waals surface area contributed by atoms with Crippen LogP contribution in [0.3, 0.4) is 0 Å². The van der Waals surface area contributed by atoms with Gasteiger partial charge in [0.15, 0.2) is 0 Å². The molecule has 338 valence electrons. The van der Waals surface area contributed by atoms with Crippen molar-refractivity contribution >= 4 is 7.82 Å². The van der Waals surface area contributed by atoms with Crippen molar-refractivity contribution < 1.29 is 28.3 Å². The van der Waals surface area contributed by atoms with Crippen molar-refractivity contribution in [2.45, 2.75) is 227 Å². The first kappa shape index (κ1) is 56.0. The third kappa shape index (κ3) is 21.0. The molecule has 0 aromatic carbocycles. The van der Waals surface area contributed by atoms with Crippen LogP contribution in [-0.2, 0) is 18.1 Å². The van der Waals surface area contributed by atoms with Gasteiger partial charge in [0.2, 0.25) is 0 Å². The second-order valence-corrected chi connectivity index (χ2v) is 25.8. The largest absolute Gasteiger partial charge is 0.474 e. The molecule has 0 aromatic rings. The van der Waals surface area contributed by atoms with E-state index in [2.05, 4.69) is 125 Å². The predicted octanol–water partition coefficient (Wildman–Crippen LogP) is 15.5. The maximum absolute atomic E-state index is 13.5. The monoisotopic (exact) mass is 817 g/mol. The van der Waals surface area contributed by atoms with Crippen LogP contribution in [0.2, 0.25) is 0 Å². The van der Waals surface area contributed by atoms with Crippen LogP contribution in [0.15, 0.2) is 0 Å². The molecule has 0 fully saturated rings. The molecule has 3 atom stereocenters. The molecule has 6 nitrogen and oxygen atoms in total. The van der Waals surface area contributed by atoms with Gasteiger partial charge in [0.25, 0.3) is 0 Å². The highest BCUT2D eigenvalue weighted by molar-refractivity contribution is 7.48. The van der Waals surface area contributed by atoms with E-state index in [1.54, 1.807) is 0 Å². The van der Waals surface area contributed by atoms with Gasteiger partial charge in [-0.2, -0.15) is 0 Å². The van der Waals surface area contributed by atoms with Gasteiger partial charge in [-0.3, -0.25) is 13.6 Å². The minimum absolute atomic E-state index is 0.0239. The second-order valence-electron chi connectivity index (χ2n) is 24.0. The number of phosphoric acid groups is 1. The number of hydrogen-bond acceptors (Lipinski definition) is 6. The van der Waals surface area contributed by atoms with Gasteiger partial charge >= 0.3 is 7.82 Å². The lowest BCUT2D eigenvalue weighted by molar-refractivity contribution is -0.000238. The Hall–Kier alpha value is 0.0300. The van der Waals surface area contributed by atoms with Crippen molar-refractivity contribution in [1.82, 2.24) is 0 Å². The molecule has 0 bridgehead atoms. The van der Waals surface area contributed by atoms with Gasteiger partial charge in [0.1, 0.15) is 0 Å². The number of rotatable bonds is 33. The van der Waals surface area contributed by atoms with Crippen LogP contribution in [0.1, 0.15) is 227 Å². The molecule has 0 aliphatic rings. The molecule has 0 aliphatic heterocycles. The molecule has 0 saturated carbocycles. The Kier molecular flexibility index (Phi) is 23.3. The molecule has 7 heteroatoms. The van der Waals surface area contributed by atoms with Gasteiger partial charge in [0, 0.05) is 20.3 Å². The minimum Gasteiger partial charge on any atom is -0.396 e. The van der Waals surface area contributed by atoms with Crippen LogP contribution < -0.4 is 0 Å². The summed E-state index contributed by atoms with van der Waals surface area (Å²) in [5, 5.41) is 19.0. The van der Waals surface area contributed by atoms with Gasteiger partial charge in [-0.15, -0.1) is 0 Å². The normalized spacial score (nSPS) is 16.6. The Morgan fingerprint density at radius 2 is 0.893 bits per heavy atom. The van der Waals surface area contributed by atoms with Gasteiger partial charge in [-0.1, -0.05) is 157 Å². The Bertz CT molecular complexity index is 1120. The molecule has 3 unspecified atom stereocenters. The first-order valence-corrected chi connectivity index (χ1v) is 24.4. The lowest BCUT2D eigenvalue weighted by atomic mass is 9.56. The second kappa shape index (κ2) is 23.3. The first-order valence-electron chi connectivity index (χ1n) is 23.0. The molecule has 0 saturated heterocycles. The number of unbranched alkanes of at least 4 members (excludes halogenated alkanes) is 1. The molecule has 0 amide bonds. The zero-order valence-corrected chi connectivity index (χ0v) is 42.2. The lowest BCUT2D eigenvalue weighted by Gasteiger charge is -2.49. The summed E-state index contributed by atoms with van der Waals surface area (Å²) in [6.07, 6.45) is 17.2. The molecule has 0 aliphatic carbocycles. The third-order valence-electron chi connectivity index (χ3n) is 14.9. The minimum atomic E-state index is -3.64. The molecule has 0 aromatic heterocycles. The van der Waals surface area contributed by atoms with Crippen molar-refractivity contribution in [2.24, 2.45) is 55.2 Å². The molecule has 0 heterocycles. The van der Waals surface area contributed by atoms with E-state index < -0.39 is 7.82 Å². The fourth-order valence-corrected chi connectivity index (χ4v) is 10.8. The number of hydrogen-bond donors (Lipinski definition) is 2. The fraction of sp³-hybridized carbons (Fsp3) is 1.00. The van der Waals surface area contributed by atoms with Gasteiger partial charge in [0.05, 0.1) is 13.2 Å². The number of aliphatic hydroxyl groups excluding tert-OH is 2. The molecule has 56 heavy (non-hydrogen) atoms. The molecule has 0 radical (unpaired) electrons. The van der Waals surface area contributed by atoms with Crippen LogP contribution in [-0.4, -0.2) is 43.8 Å². The van der Waals surface area contributed by atoms with Crippen molar-refractivity contribution in [3.63, 3.8) is 0 Å². The zero-order chi connectivity index (χ0) is 43.9. The van der Waals surface area contributed by atoms with E-state index in [0.29, 0.717) is 25.0 Å². The van der Waals surface area contributed by atoms with Crippen LogP contribution in [0, 0.1) is 55.2 Å².